The summed E-state index contributed by atoms with van der Waals surface area (Å²) in [7, 11) is 0. The van der Waals surface area contributed by atoms with Crippen LogP contribution < -0.4 is 24.4 Å². The monoisotopic (exact) mass is 478 g/mol. The van der Waals surface area contributed by atoms with Crippen molar-refractivity contribution in [1.29, 1.82) is 0 Å². The minimum Gasteiger partial charge on any atom is -0.490 e. The van der Waals surface area contributed by atoms with Gasteiger partial charge in [0.25, 0.3) is 5.91 Å². The van der Waals surface area contributed by atoms with Crippen LogP contribution in [0, 0.1) is 0 Å². The Labute approximate surface area is 197 Å². The number of carboxylic acids is 1. The molecule has 2 aromatic rings. The molecule has 10 heteroatoms. The summed E-state index contributed by atoms with van der Waals surface area (Å²) in [6.07, 6.45) is 2.24. The van der Waals surface area contributed by atoms with Crippen LogP contribution in [0.3, 0.4) is 0 Å². The molecule has 0 fully saturated rings. The zero-order chi connectivity index (χ0) is 24.2. The number of hydrogen-bond acceptors (Lipinski definition) is 7. The van der Waals surface area contributed by atoms with Gasteiger partial charge in [0, 0.05) is 5.56 Å². The van der Waals surface area contributed by atoms with Gasteiger partial charge in [-0.1, -0.05) is 18.5 Å². The van der Waals surface area contributed by atoms with Crippen molar-refractivity contribution < 1.29 is 33.6 Å². The molecule has 0 bridgehead atoms. The first-order chi connectivity index (χ1) is 15.9. The molecular formula is C23H27ClN2O7. The van der Waals surface area contributed by atoms with Gasteiger partial charge in [0.2, 0.25) is 0 Å². The molecule has 0 spiro atoms. The molecule has 33 heavy (non-hydrogen) atoms. The minimum atomic E-state index is -1.14. The second kappa shape index (κ2) is 13.2. The Morgan fingerprint density at radius 2 is 1.73 bits per heavy atom. The first kappa shape index (κ1) is 25.8. The maximum Gasteiger partial charge on any atom is 0.341 e. The number of carboxylic acid groups (broad SMARTS) is 1. The van der Waals surface area contributed by atoms with Crippen LogP contribution >= 0.6 is 11.6 Å². The standard InChI is InChI=1S/C23H27ClN2O7/c1-4-9-32-18-8-7-16(12-19(18)30-5-2)23(29)26-25-13-15-10-17(24)22(33-14-21(27)28)20(11-15)31-6-3/h7-8,10-13H,4-6,9,14H2,1-3H3,(H,26,29)(H,27,28)/b25-13+. The van der Waals surface area contributed by atoms with Crippen LogP contribution in [0.2, 0.25) is 5.02 Å². The number of ether oxygens (including phenoxy) is 4. The Bertz CT molecular complexity index is 995. The van der Waals surface area contributed by atoms with E-state index in [9.17, 15) is 9.59 Å². The molecule has 2 N–H and O–H groups in total. The first-order valence-corrected chi connectivity index (χ1v) is 10.8. The molecule has 0 aliphatic carbocycles. The van der Waals surface area contributed by atoms with Gasteiger partial charge in [0.05, 0.1) is 31.1 Å². The summed E-state index contributed by atoms with van der Waals surface area (Å²) >= 11 is 6.22. The molecule has 0 radical (unpaired) electrons. The Morgan fingerprint density at radius 1 is 1.00 bits per heavy atom. The number of hydrogen-bond donors (Lipinski definition) is 2. The van der Waals surface area contributed by atoms with Crippen LogP contribution in [0.5, 0.6) is 23.0 Å². The SMILES string of the molecule is CCCOc1ccc(C(=O)N/N=C/c2cc(Cl)c(OCC(=O)O)c(OCC)c2)cc1OCC. The maximum absolute atomic E-state index is 12.5. The second-order valence-electron chi connectivity index (χ2n) is 6.59. The van der Waals surface area contributed by atoms with Crippen molar-refractivity contribution in [3.05, 3.63) is 46.5 Å². The van der Waals surface area contributed by atoms with E-state index in [0.29, 0.717) is 42.4 Å². The van der Waals surface area contributed by atoms with Crippen molar-refractivity contribution in [3.8, 4) is 23.0 Å². The lowest BCUT2D eigenvalue weighted by Crippen LogP contribution is -2.18. The number of hydrazone groups is 1. The highest BCUT2D eigenvalue weighted by atomic mass is 35.5. The number of amides is 1. The van der Waals surface area contributed by atoms with Crippen LogP contribution in [-0.4, -0.2) is 49.6 Å². The highest BCUT2D eigenvalue weighted by Crippen LogP contribution is 2.36. The molecule has 9 nitrogen and oxygen atoms in total. The van der Waals surface area contributed by atoms with Crippen molar-refractivity contribution >= 4 is 29.7 Å². The van der Waals surface area contributed by atoms with E-state index in [1.54, 1.807) is 31.2 Å². The molecule has 0 aromatic heterocycles. The normalized spacial score (nSPS) is 10.7. The number of carbonyl (C=O) groups is 2. The summed E-state index contributed by atoms with van der Waals surface area (Å²) in [5.41, 5.74) is 3.32. The fourth-order valence-electron chi connectivity index (χ4n) is 2.68. The van der Waals surface area contributed by atoms with Crippen LogP contribution in [0.4, 0.5) is 0 Å². The quantitative estimate of drug-likeness (QED) is 0.328. The summed E-state index contributed by atoms with van der Waals surface area (Å²) in [4.78, 5) is 23.3. The second-order valence-corrected chi connectivity index (χ2v) is 6.99. The molecule has 2 aromatic carbocycles. The van der Waals surface area contributed by atoms with Gasteiger partial charge < -0.3 is 24.1 Å². The Balaban J connectivity index is 2.14. The van der Waals surface area contributed by atoms with E-state index < -0.39 is 18.5 Å². The Morgan fingerprint density at radius 3 is 2.39 bits per heavy atom. The van der Waals surface area contributed by atoms with Gasteiger partial charge >= 0.3 is 5.97 Å². The lowest BCUT2D eigenvalue weighted by atomic mass is 10.2. The Kier molecular flexibility index (Phi) is 10.3. The lowest BCUT2D eigenvalue weighted by molar-refractivity contribution is -0.139. The van der Waals surface area contributed by atoms with E-state index in [4.69, 9.17) is 35.7 Å². The van der Waals surface area contributed by atoms with Crippen LogP contribution in [0.1, 0.15) is 43.1 Å². The van der Waals surface area contributed by atoms with E-state index in [1.807, 2.05) is 13.8 Å². The van der Waals surface area contributed by atoms with Gasteiger partial charge in [-0.2, -0.15) is 5.10 Å². The molecule has 1 amide bonds. The molecule has 2 rings (SSSR count). The number of benzene rings is 2. The number of carbonyl (C=O) groups excluding carboxylic acids is 1. The molecule has 0 saturated heterocycles. The average molecular weight is 479 g/mol. The van der Waals surface area contributed by atoms with Crippen LogP contribution in [0.15, 0.2) is 35.4 Å². The van der Waals surface area contributed by atoms with Gasteiger partial charge in [0.15, 0.2) is 29.6 Å². The molecule has 178 valence electrons. The van der Waals surface area contributed by atoms with Gasteiger partial charge in [-0.3, -0.25) is 4.79 Å². The smallest absolute Gasteiger partial charge is 0.341 e. The van der Waals surface area contributed by atoms with Crippen molar-refractivity contribution in [2.45, 2.75) is 27.2 Å². The predicted octanol–water partition coefficient (Wildman–Crippen LogP) is 4.15. The summed E-state index contributed by atoms with van der Waals surface area (Å²) in [5, 5.41) is 12.9. The third-order valence-electron chi connectivity index (χ3n) is 4.02. The van der Waals surface area contributed by atoms with Crippen molar-refractivity contribution in [2.75, 3.05) is 26.4 Å². The van der Waals surface area contributed by atoms with Gasteiger partial charge in [0.1, 0.15) is 0 Å². The molecule has 0 aliphatic heterocycles. The highest BCUT2D eigenvalue weighted by molar-refractivity contribution is 6.32. The zero-order valence-corrected chi connectivity index (χ0v) is 19.5. The fraction of sp³-hybridized carbons (Fsp3) is 0.348. The lowest BCUT2D eigenvalue weighted by Gasteiger charge is -2.13. The third kappa shape index (κ3) is 7.87. The van der Waals surface area contributed by atoms with Gasteiger partial charge in [-0.25, -0.2) is 10.2 Å². The largest absolute Gasteiger partial charge is 0.490 e. The summed E-state index contributed by atoms with van der Waals surface area (Å²) < 4.78 is 21.9. The molecule has 0 atom stereocenters. The van der Waals surface area contributed by atoms with E-state index in [0.717, 1.165) is 6.42 Å². The summed E-state index contributed by atoms with van der Waals surface area (Å²) in [6, 6.07) is 8.00. The first-order valence-electron chi connectivity index (χ1n) is 10.4. The van der Waals surface area contributed by atoms with Crippen LogP contribution in [0.25, 0.3) is 0 Å². The number of nitrogens with zero attached hydrogens (tertiary/aromatic N) is 1. The van der Waals surface area contributed by atoms with Gasteiger partial charge in [-0.15, -0.1) is 0 Å². The molecule has 0 saturated carbocycles. The van der Waals surface area contributed by atoms with Crippen LogP contribution in [-0.2, 0) is 4.79 Å². The van der Waals surface area contributed by atoms with Crippen molar-refractivity contribution in [2.24, 2.45) is 5.10 Å². The van der Waals surface area contributed by atoms with Crippen molar-refractivity contribution in [3.63, 3.8) is 0 Å². The summed E-state index contributed by atoms with van der Waals surface area (Å²) in [6.45, 7) is 6.35. The van der Waals surface area contributed by atoms with E-state index in [1.165, 1.54) is 12.3 Å². The third-order valence-corrected chi connectivity index (χ3v) is 4.30. The molecule has 0 aliphatic rings. The van der Waals surface area contributed by atoms with E-state index >= 15 is 0 Å². The number of aliphatic carboxylic acids is 1. The molecular weight excluding hydrogens is 452 g/mol. The van der Waals surface area contributed by atoms with Gasteiger partial charge in [-0.05, 0) is 56.2 Å². The topological polar surface area (TPSA) is 116 Å². The highest BCUT2D eigenvalue weighted by Gasteiger charge is 2.14. The maximum atomic E-state index is 12.5. The Hall–Kier alpha value is -3.46. The molecule has 0 unspecified atom stereocenters. The molecule has 0 heterocycles. The summed E-state index contributed by atoms with van der Waals surface area (Å²) in [5.74, 6) is -0.139. The number of rotatable bonds is 13. The number of nitrogens with one attached hydrogen (secondary N) is 1. The van der Waals surface area contributed by atoms with E-state index in [-0.39, 0.29) is 16.5 Å². The average Bonchev–Trinajstić information content (AvgIpc) is 2.77. The zero-order valence-electron chi connectivity index (χ0n) is 18.7. The van der Waals surface area contributed by atoms with Crippen molar-refractivity contribution in [1.82, 2.24) is 5.43 Å². The fourth-order valence-corrected chi connectivity index (χ4v) is 2.95. The predicted molar refractivity (Wildman–Crippen MR) is 124 cm³/mol. The van der Waals surface area contributed by atoms with E-state index in [2.05, 4.69) is 10.5 Å². The minimum absolute atomic E-state index is 0.121. The number of halogens is 1.